The van der Waals surface area contributed by atoms with Crippen LogP contribution in [0.3, 0.4) is 0 Å². The van der Waals surface area contributed by atoms with Gasteiger partial charge in [-0.1, -0.05) is 47.6 Å². The van der Waals surface area contributed by atoms with Crippen molar-refractivity contribution in [2.45, 2.75) is 18.1 Å². The van der Waals surface area contributed by atoms with Gasteiger partial charge in [-0.25, -0.2) is 9.97 Å². The zero-order valence-electron chi connectivity index (χ0n) is 16.5. The van der Waals surface area contributed by atoms with Crippen LogP contribution in [0, 0.1) is 0 Å². The van der Waals surface area contributed by atoms with E-state index in [9.17, 15) is 4.79 Å². The Bertz CT molecular complexity index is 1060. The van der Waals surface area contributed by atoms with Crippen molar-refractivity contribution in [3.05, 3.63) is 70.9 Å². The number of hydrogen-bond acceptors (Lipinski definition) is 6. The van der Waals surface area contributed by atoms with Crippen LogP contribution in [0.4, 0.5) is 11.5 Å². The minimum atomic E-state index is -0.179. The van der Waals surface area contributed by atoms with Gasteiger partial charge in [0.05, 0.1) is 18.6 Å². The third-order valence-corrected chi connectivity index (χ3v) is 5.94. The number of hydrogen-bond donors (Lipinski definition) is 1. The highest BCUT2D eigenvalue weighted by atomic mass is 35.5. The van der Waals surface area contributed by atoms with E-state index in [0.717, 1.165) is 25.3 Å². The Morgan fingerprint density at radius 2 is 2.07 bits per heavy atom. The Labute approximate surface area is 184 Å². The van der Waals surface area contributed by atoms with E-state index in [4.69, 9.17) is 16.3 Å². The largest absolute Gasteiger partial charge is 0.495 e. The van der Waals surface area contributed by atoms with Crippen LogP contribution in [0.25, 0.3) is 0 Å². The lowest BCUT2D eigenvalue weighted by molar-refractivity contribution is -0.113. The van der Waals surface area contributed by atoms with Crippen molar-refractivity contribution in [3.8, 4) is 5.75 Å². The predicted molar refractivity (Wildman–Crippen MR) is 121 cm³/mol. The molecule has 2 aromatic carbocycles. The van der Waals surface area contributed by atoms with E-state index >= 15 is 0 Å². The van der Waals surface area contributed by atoms with Crippen LogP contribution in [-0.4, -0.2) is 35.3 Å². The number of carbonyl (C=O) groups excluding carboxylic acids is 1. The summed E-state index contributed by atoms with van der Waals surface area (Å²) in [5.41, 5.74) is 3.26. The maximum atomic E-state index is 12.4. The number of ether oxygens (including phenoxy) is 1. The van der Waals surface area contributed by atoms with E-state index in [1.807, 2.05) is 6.07 Å². The van der Waals surface area contributed by atoms with E-state index in [2.05, 4.69) is 44.5 Å². The molecule has 1 aromatic heterocycles. The van der Waals surface area contributed by atoms with Gasteiger partial charge in [-0.15, -0.1) is 0 Å². The summed E-state index contributed by atoms with van der Waals surface area (Å²) in [6, 6.07) is 15.5. The number of nitrogens with zero attached hydrogens (tertiary/aromatic N) is 3. The third kappa shape index (κ3) is 4.86. The van der Waals surface area contributed by atoms with Crippen LogP contribution in [0.15, 0.2) is 59.9 Å². The molecule has 0 fully saturated rings. The van der Waals surface area contributed by atoms with Crippen LogP contribution >= 0.6 is 23.4 Å². The van der Waals surface area contributed by atoms with Gasteiger partial charge < -0.3 is 15.0 Å². The van der Waals surface area contributed by atoms with Crippen molar-refractivity contribution >= 4 is 40.8 Å². The van der Waals surface area contributed by atoms with Gasteiger partial charge in [0.25, 0.3) is 0 Å². The minimum absolute atomic E-state index is 0.179. The standard InChI is InChI=1S/C22H21ClN4O2S/c1-29-19-7-6-17(23)12-18(19)25-21(28)14-30-22-24-10-8-20(26-22)27-11-9-15-4-2-3-5-16(15)13-27/h2-8,10,12H,9,11,13-14H2,1H3,(H,25,28). The second-order valence-corrected chi connectivity index (χ2v) is 8.20. The maximum absolute atomic E-state index is 12.4. The molecule has 0 atom stereocenters. The first-order valence-electron chi connectivity index (χ1n) is 9.53. The number of methoxy groups -OCH3 is 1. The summed E-state index contributed by atoms with van der Waals surface area (Å²) in [6.45, 7) is 1.74. The van der Waals surface area contributed by atoms with Gasteiger partial charge in [0.2, 0.25) is 5.91 Å². The lowest BCUT2D eigenvalue weighted by Crippen LogP contribution is -2.31. The summed E-state index contributed by atoms with van der Waals surface area (Å²) in [5, 5.41) is 3.92. The molecule has 6 nitrogen and oxygen atoms in total. The van der Waals surface area contributed by atoms with Gasteiger partial charge in [-0.2, -0.15) is 0 Å². The number of nitrogens with one attached hydrogen (secondary N) is 1. The fraction of sp³-hybridized carbons (Fsp3) is 0.227. The van der Waals surface area contributed by atoms with Gasteiger partial charge in [-0.05, 0) is 41.8 Å². The number of anilines is 2. The number of carbonyl (C=O) groups is 1. The fourth-order valence-electron chi connectivity index (χ4n) is 3.36. The average Bonchev–Trinajstić information content (AvgIpc) is 2.78. The highest BCUT2D eigenvalue weighted by molar-refractivity contribution is 7.99. The number of thioether (sulfide) groups is 1. The Balaban J connectivity index is 1.38. The normalized spacial score (nSPS) is 12.9. The lowest BCUT2D eigenvalue weighted by Gasteiger charge is -2.29. The molecule has 0 saturated carbocycles. The van der Waals surface area contributed by atoms with E-state index < -0.39 is 0 Å². The molecular weight excluding hydrogens is 420 g/mol. The van der Waals surface area contributed by atoms with Gasteiger partial charge >= 0.3 is 0 Å². The molecule has 1 aliphatic heterocycles. The zero-order chi connectivity index (χ0) is 20.9. The molecule has 0 aliphatic carbocycles. The van der Waals surface area contributed by atoms with Gasteiger partial charge in [0.15, 0.2) is 5.16 Å². The maximum Gasteiger partial charge on any atom is 0.234 e. The first kappa shape index (κ1) is 20.5. The fourth-order valence-corrected chi connectivity index (χ4v) is 4.16. The molecule has 0 radical (unpaired) electrons. The highest BCUT2D eigenvalue weighted by Gasteiger charge is 2.18. The van der Waals surface area contributed by atoms with Gasteiger partial charge in [-0.3, -0.25) is 4.79 Å². The molecule has 3 aromatic rings. The average molecular weight is 441 g/mol. The summed E-state index contributed by atoms with van der Waals surface area (Å²) in [6.07, 6.45) is 2.73. The molecule has 2 heterocycles. The Hall–Kier alpha value is -2.77. The number of benzene rings is 2. The van der Waals surface area contributed by atoms with Crippen molar-refractivity contribution < 1.29 is 9.53 Å². The SMILES string of the molecule is COc1ccc(Cl)cc1NC(=O)CSc1nccc(N2CCc3ccccc3C2)n1. The minimum Gasteiger partial charge on any atom is -0.495 e. The lowest BCUT2D eigenvalue weighted by atomic mass is 10.00. The van der Waals surface area contributed by atoms with Crippen LogP contribution < -0.4 is 15.0 Å². The molecule has 0 bridgehead atoms. The monoisotopic (exact) mass is 440 g/mol. The molecule has 4 rings (SSSR count). The molecule has 0 saturated heterocycles. The van der Waals surface area contributed by atoms with E-state index in [1.165, 1.54) is 22.9 Å². The topological polar surface area (TPSA) is 67.3 Å². The van der Waals surface area contributed by atoms with E-state index in [-0.39, 0.29) is 11.7 Å². The molecule has 0 spiro atoms. The molecule has 0 unspecified atom stereocenters. The van der Waals surface area contributed by atoms with E-state index in [0.29, 0.717) is 21.6 Å². The predicted octanol–water partition coefficient (Wildman–Crippen LogP) is 4.43. The Morgan fingerprint density at radius 1 is 1.23 bits per heavy atom. The number of rotatable bonds is 6. The highest BCUT2D eigenvalue weighted by Crippen LogP contribution is 2.28. The van der Waals surface area contributed by atoms with Crippen molar-refractivity contribution in [1.82, 2.24) is 9.97 Å². The third-order valence-electron chi connectivity index (χ3n) is 4.84. The first-order chi connectivity index (χ1) is 14.6. The van der Waals surface area contributed by atoms with Crippen molar-refractivity contribution in [2.75, 3.05) is 29.6 Å². The van der Waals surface area contributed by atoms with Crippen molar-refractivity contribution in [3.63, 3.8) is 0 Å². The second kappa shape index (κ2) is 9.36. The van der Waals surface area contributed by atoms with Crippen LogP contribution in [-0.2, 0) is 17.8 Å². The number of halogens is 1. The number of fused-ring (bicyclic) bond motifs is 1. The molecule has 1 aliphatic rings. The molecule has 154 valence electrons. The van der Waals surface area contributed by atoms with Gasteiger partial charge in [0, 0.05) is 24.3 Å². The summed E-state index contributed by atoms with van der Waals surface area (Å²) < 4.78 is 5.26. The number of amides is 1. The second-order valence-electron chi connectivity index (χ2n) is 6.82. The van der Waals surface area contributed by atoms with Crippen molar-refractivity contribution in [2.24, 2.45) is 0 Å². The number of aromatic nitrogens is 2. The van der Waals surface area contributed by atoms with E-state index in [1.54, 1.807) is 31.5 Å². The molecule has 8 heteroatoms. The Morgan fingerprint density at radius 3 is 2.90 bits per heavy atom. The Kier molecular flexibility index (Phi) is 6.40. The molecule has 1 amide bonds. The van der Waals surface area contributed by atoms with Crippen LogP contribution in [0.1, 0.15) is 11.1 Å². The summed E-state index contributed by atoms with van der Waals surface area (Å²) in [4.78, 5) is 23.6. The zero-order valence-corrected chi connectivity index (χ0v) is 18.0. The van der Waals surface area contributed by atoms with Crippen LogP contribution in [0.5, 0.6) is 5.75 Å². The van der Waals surface area contributed by atoms with Gasteiger partial charge in [0.1, 0.15) is 11.6 Å². The summed E-state index contributed by atoms with van der Waals surface area (Å²) in [7, 11) is 1.55. The van der Waals surface area contributed by atoms with Crippen LogP contribution in [0.2, 0.25) is 5.02 Å². The smallest absolute Gasteiger partial charge is 0.234 e. The summed E-state index contributed by atoms with van der Waals surface area (Å²) in [5.74, 6) is 1.43. The first-order valence-corrected chi connectivity index (χ1v) is 10.9. The van der Waals surface area contributed by atoms with Crippen molar-refractivity contribution in [1.29, 1.82) is 0 Å². The molecule has 1 N–H and O–H groups in total. The molecule has 30 heavy (non-hydrogen) atoms. The quantitative estimate of drug-likeness (QED) is 0.451. The summed E-state index contributed by atoms with van der Waals surface area (Å²) >= 11 is 7.31. The molecular formula is C22H21ClN4O2S.